The first-order valence-electron chi connectivity index (χ1n) is 9.56. The molecule has 6 nitrogen and oxygen atoms in total. The number of esters is 1. The van der Waals surface area contributed by atoms with Crippen LogP contribution in [-0.4, -0.2) is 41.9 Å². The van der Waals surface area contributed by atoms with E-state index in [-0.39, 0.29) is 25.0 Å². The molecule has 2 amide bonds. The van der Waals surface area contributed by atoms with Crippen LogP contribution in [0.4, 0.5) is 5.69 Å². The molecule has 1 aromatic rings. The largest absolute Gasteiger partial charge is 0.455 e. The second-order valence-corrected chi connectivity index (χ2v) is 8.74. The normalized spacial score (nSPS) is 20.3. The van der Waals surface area contributed by atoms with Crippen LogP contribution in [0.1, 0.15) is 44.1 Å². The van der Waals surface area contributed by atoms with Gasteiger partial charge >= 0.3 is 5.97 Å². The van der Waals surface area contributed by atoms with Gasteiger partial charge in [0.2, 0.25) is 5.91 Å². The fourth-order valence-electron chi connectivity index (χ4n) is 3.86. The number of benzene rings is 1. The van der Waals surface area contributed by atoms with Gasteiger partial charge in [0, 0.05) is 29.2 Å². The van der Waals surface area contributed by atoms with Crippen molar-refractivity contribution in [1.29, 1.82) is 0 Å². The zero-order chi connectivity index (χ0) is 20.3. The minimum absolute atomic E-state index is 0.0124. The smallest absolute Gasteiger partial charge is 0.311 e. The van der Waals surface area contributed by atoms with Gasteiger partial charge in [-0.3, -0.25) is 14.4 Å². The van der Waals surface area contributed by atoms with Crippen molar-refractivity contribution in [2.45, 2.75) is 51.5 Å². The van der Waals surface area contributed by atoms with E-state index in [2.05, 4.69) is 21.2 Å². The minimum atomic E-state index is -0.494. The highest BCUT2D eigenvalue weighted by atomic mass is 79.9. The molecule has 0 aromatic heterocycles. The van der Waals surface area contributed by atoms with E-state index in [1.165, 1.54) is 6.42 Å². The first-order chi connectivity index (χ1) is 13.3. The van der Waals surface area contributed by atoms with Crippen LogP contribution in [-0.2, 0) is 19.1 Å². The van der Waals surface area contributed by atoms with E-state index in [4.69, 9.17) is 16.3 Å². The number of ether oxygens (including phenoxy) is 1. The molecule has 0 radical (unpaired) electrons. The van der Waals surface area contributed by atoms with Crippen molar-refractivity contribution in [3.8, 4) is 0 Å². The van der Waals surface area contributed by atoms with Gasteiger partial charge in [0.1, 0.15) is 0 Å². The summed E-state index contributed by atoms with van der Waals surface area (Å²) in [7, 11) is 0. The molecule has 1 atom stereocenters. The summed E-state index contributed by atoms with van der Waals surface area (Å²) in [6.07, 6.45) is 5.64. The van der Waals surface area contributed by atoms with Crippen LogP contribution in [0.5, 0.6) is 0 Å². The quantitative estimate of drug-likeness (QED) is 0.657. The number of hydrogen-bond donors (Lipinski definition) is 1. The van der Waals surface area contributed by atoms with Gasteiger partial charge in [0.15, 0.2) is 6.61 Å². The van der Waals surface area contributed by atoms with Crippen molar-refractivity contribution in [2.24, 2.45) is 5.92 Å². The Morgan fingerprint density at radius 2 is 2.00 bits per heavy atom. The van der Waals surface area contributed by atoms with Crippen LogP contribution < -0.4 is 5.32 Å². The Labute approximate surface area is 178 Å². The number of hydrogen-bond acceptors (Lipinski definition) is 4. The second kappa shape index (κ2) is 9.27. The van der Waals surface area contributed by atoms with Crippen molar-refractivity contribution in [3.63, 3.8) is 0 Å². The lowest BCUT2D eigenvalue weighted by atomic mass is 9.94. The van der Waals surface area contributed by atoms with Crippen LogP contribution in [0.25, 0.3) is 0 Å². The molecule has 1 N–H and O–H groups in total. The van der Waals surface area contributed by atoms with Gasteiger partial charge in [0.25, 0.3) is 5.91 Å². The summed E-state index contributed by atoms with van der Waals surface area (Å²) in [6.45, 7) is 1.85. The third-order valence-electron chi connectivity index (χ3n) is 5.39. The summed E-state index contributed by atoms with van der Waals surface area (Å²) < 4.78 is 5.91. The van der Waals surface area contributed by atoms with E-state index in [9.17, 15) is 14.4 Å². The molecule has 2 aliphatic rings. The third-order valence-corrected chi connectivity index (χ3v) is 6.59. The van der Waals surface area contributed by atoms with Gasteiger partial charge in [-0.15, -0.1) is 0 Å². The molecule has 152 valence electrons. The Balaban J connectivity index is 1.49. The number of nitrogens with zero attached hydrogens (tertiary/aromatic N) is 1. The molecule has 1 aliphatic heterocycles. The lowest BCUT2D eigenvalue weighted by molar-refractivity contribution is -0.151. The first-order valence-corrected chi connectivity index (χ1v) is 10.7. The monoisotopic (exact) mass is 470 g/mol. The molecule has 1 saturated heterocycles. The SMILES string of the molecule is Cc1cc(Br)c(Cl)cc1NC(=O)COC(=O)[C@@H]1CC(=O)N(C2CCCCC2)C1. The maximum Gasteiger partial charge on any atom is 0.311 e. The molecule has 28 heavy (non-hydrogen) atoms. The number of aryl methyl sites for hydroxylation is 1. The number of amides is 2. The van der Waals surface area contributed by atoms with Gasteiger partial charge in [-0.05, 0) is 53.4 Å². The molecule has 0 bridgehead atoms. The predicted octanol–water partition coefficient (Wildman–Crippen LogP) is 4.07. The van der Waals surface area contributed by atoms with Crippen LogP contribution in [0.3, 0.4) is 0 Å². The maximum atomic E-state index is 12.3. The van der Waals surface area contributed by atoms with Crippen molar-refractivity contribution >= 4 is 51.0 Å². The zero-order valence-corrected chi connectivity index (χ0v) is 18.1. The van der Waals surface area contributed by atoms with Gasteiger partial charge in [-0.1, -0.05) is 30.9 Å². The van der Waals surface area contributed by atoms with Crippen molar-refractivity contribution < 1.29 is 19.1 Å². The number of likely N-dealkylation sites (tertiary alicyclic amines) is 1. The number of carbonyl (C=O) groups is 3. The number of halogens is 2. The van der Waals surface area contributed by atoms with Gasteiger partial charge in [0.05, 0.1) is 10.9 Å². The average molecular weight is 472 g/mol. The Bertz CT molecular complexity index is 780. The molecule has 1 saturated carbocycles. The fraction of sp³-hybridized carbons (Fsp3) is 0.550. The Morgan fingerprint density at radius 3 is 2.71 bits per heavy atom. The van der Waals surface area contributed by atoms with Crippen LogP contribution in [0.2, 0.25) is 5.02 Å². The van der Waals surface area contributed by atoms with Gasteiger partial charge in [-0.2, -0.15) is 0 Å². The van der Waals surface area contributed by atoms with E-state index >= 15 is 0 Å². The van der Waals surface area contributed by atoms with Crippen molar-refractivity contribution in [1.82, 2.24) is 4.90 Å². The number of anilines is 1. The van der Waals surface area contributed by atoms with E-state index in [1.807, 2.05) is 11.8 Å². The Morgan fingerprint density at radius 1 is 1.29 bits per heavy atom. The lowest BCUT2D eigenvalue weighted by Gasteiger charge is -2.31. The molecule has 1 aromatic carbocycles. The first kappa shape index (κ1) is 21.1. The molecule has 3 rings (SSSR count). The summed E-state index contributed by atoms with van der Waals surface area (Å²) >= 11 is 9.38. The standard InChI is InChI=1S/C20H24BrClN2O4/c1-12-7-15(21)16(22)9-17(12)23-18(25)11-28-20(27)13-8-19(26)24(10-13)14-5-3-2-4-6-14/h7,9,13-14H,2-6,8,10-11H2,1H3,(H,23,25)/t13-/m1/s1. The van der Waals surface area contributed by atoms with Crippen LogP contribution >= 0.6 is 27.5 Å². The zero-order valence-electron chi connectivity index (χ0n) is 15.8. The van der Waals surface area contributed by atoms with Gasteiger partial charge in [-0.25, -0.2) is 0 Å². The molecule has 2 fully saturated rings. The summed E-state index contributed by atoms with van der Waals surface area (Å²) in [6, 6.07) is 3.68. The second-order valence-electron chi connectivity index (χ2n) is 7.48. The van der Waals surface area contributed by atoms with E-state index in [0.717, 1.165) is 35.7 Å². The van der Waals surface area contributed by atoms with Gasteiger partial charge < -0.3 is 15.0 Å². The summed E-state index contributed by atoms with van der Waals surface area (Å²) in [4.78, 5) is 38.6. The molecule has 8 heteroatoms. The van der Waals surface area contributed by atoms with E-state index < -0.39 is 17.8 Å². The highest BCUT2D eigenvalue weighted by molar-refractivity contribution is 9.10. The van der Waals surface area contributed by atoms with Crippen LogP contribution in [0.15, 0.2) is 16.6 Å². The number of carbonyl (C=O) groups excluding carboxylic acids is 3. The lowest BCUT2D eigenvalue weighted by Crippen LogP contribution is -2.38. The number of rotatable bonds is 5. The molecule has 0 unspecified atom stereocenters. The highest BCUT2D eigenvalue weighted by Gasteiger charge is 2.39. The molecular weight excluding hydrogens is 448 g/mol. The van der Waals surface area contributed by atoms with Crippen LogP contribution in [0, 0.1) is 12.8 Å². The Kier molecular flexibility index (Phi) is 6.99. The minimum Gasteiger partial charge on any atom is -0.455 e. The van der Waals surface area contributed by atoms with Crippen molar-refractivity contribution in [3.05, 3.63) is 27.2 Å². The molecule has 0 spiro atoms. The Hall–Kier alpha value is -1.60. The summed E-state index contributed by atoms with van der Waals surface area (Å²) in [5.41, 5.74) is 1.40. The summed E-state index contributed by atoms with van der Waals surface area (Å²) in [5.74, 6) is -1.42. The number of nitrogens with one attached hydrogen (secondary N) is 1. The van der Waals surface area contributed by atoms with Crippen molar-refractivity contribution in [2.75, 3.05) is 18.5 Å². The van der Waals surface area contributed by atoms with E-state index in [1.54, 1.807) is 12.1 Å². The maximum absolute atomic E-state index is 12.3. The van der Waals surface area contributed by atoms with E-state index in [0.29, 0.717) is 17.3 Å². The predicted molar refractivity (Wildman–Crippen MR) is 110 cm³/mol. The molecular formula is C20H24BrClN2O4. The summed E-state index contributed by atoms with van der Waals surface area (Å²) in [5, 5.41) is 3.17. The average Bonchev–Trinajstić information content (AvgIpc) is 3.06. The fourth-order valence-corrected chi connectivity index (χ4v) is 4.48. The highest BCUT2D eigenvalue weighted by Crippen LogP contribution is 2.30. The molecule has 1 aliphatic carbocycles. The topological polar surface area (TPSA) is 75.7 Å². The third kappa shape index (κ3) is 5.06. The molecule has 1 heterocycles.